The molecule has 1 saturated carbocycles. The van der Waals surface area contributed by atoms with E-state index in [-0.39, 0.29) is 5.54 Å². The summed E-state index contributed by atoms with van der Waals surface area (Å²) in [6.45, 7) is 7.77. The molecule has 1 aliphatic rings. The molecule has 0 bridgehead atoms. The van der Waals surface area contributed by atoms with Gasteiger partial charge in [-0.1, -0.05) is 29.3 Å². The van der Waals surface area contributed by atoms with E-state index in [0.29, 0.717) is 5.02 Å². The molecule has 0 radical (unpaired) electrons. The highest BCUT2D eigenvalue weighted by Crippen LogP contribution is 2.38. The third-order valence-electron chi connectivity index (χ3n) is 3.97. The third kappa shape index (κ3) is 4.37. The summed E-state index contributed by atoms with van der Waals surface area (Å²) in [7, 11) is 0. The summed E-state index contributed by atoms with van der Waals surface area (Å²) < 4.78 is 0. The third-order valence-corrected chi connectivity index (χ3v) is 4.55. The van der Waals surface area contributed by atoms with Crippen molar-refractivity contribution in [1.82, 2.24) is 5.32 Å². The van der Waals surface area contributed by atoms with Crippen molar-refractivity contribution in [1.29, 1.82) is 0 Å². The molecule has 1 aromatic rings. The number of hydrogen-bond acceptors (Lipinski definition) is 1. The molecule has 0 heterocycles. The molecule has 2 unspecified atom stereocenters. The zero-order valence-electron chi connectivity index (χ0n) is 12.0. The van der Waals surface area contributed by atoms with Crippen LogP contribution in [0.1, 0.15) is 39.2 Å². The van der Waals surface area contributed by atoms with Crippen LogP contribution in [0.2, 0.25) is 10.0 Å². The van der Waals surface area contributed by atoms with E-state index in [2.05, 4.69) is 32.2 Å². The van der Waals surface area contributed by atoms with Gasteiger partial charge in [0.05, 0.1) is 0 Å². The van der Waals surface area contributed by atoms with Gasteiger partial charge >= 0.3 is 0 Å². The fraction of sp³-hybridized carbons (Fsp3) is 0.625. The molecule has 1 aliphatic carbocycles. The molecule has 2 atom stereocenters. The highest BCUT2D eigenvalue weighted by Gasteiger charge is 2.31. The van der Waals surface area contributed by atoms with Crippen molar-refractivity contribution in [2.45, 2.75) is 45.6 Å². The normalized spacial score (nSPS) is 23.2. The van der Waals surface area contributed by atoms with E-state index < -0.39 is 0 Å². The predicted octanol–water partition coefficient (Wildman–Crippen LogP) is 4.95. The van der Waals surface area contributed by atoms with Crippen molar-refractivity contribution < 1.29 is 0 Å². The number of benzene rings is 1. The topological polar surface area (TPSA) is 12.0 Å². The fourth-order valence-corrected chi connectivity index (χ4v) is 3.07. The minimum Gasteiger partial charge on any atom is -0.312 e. The van der Waals surface area contributed by atoms with Gasteiger partial charge in [0.2, 0.25) is 0 Å². The Morgan fingerprint density at radius 1 is 1.16 bits per heavy atom. The maximum absolute atomic E-state index is 6.25. The predicted molar refractivity (Wildman–Crippen MR) is 84.1 cm³/mol. The summed E-state index contributed by atoms with van der Waals surface area (Å²) in [6.07, 6.45) is 3.72. The van der Waals surface area contributed by atoms with E-state index >= 15 is 0 Å². The van der Waals surface area contributed by atoms with Crippen LogP contribution in [-0.4, -0.2) is 12.1 Å². The molecular weight excluding hydrogens is 277 g/mol. The highest BCUT2D eigenvalue weighted by atomic mass is 35.5. The molecule has 0 aromatic heterocycles. The summed E-state index contributed by atoms with van der Waals surface area (Å²) >= 11 is 12.2. The van der Waals surface area contributed by atoms with Gasteiger partial charge in [0.15, 0.2) is 0 Å². The Bertz CT molecular complexity index is 437. The monoisotopic (exact) mass is 299 g/mol. The second-order valence-electron chi connectivity index (χ2n) is 6.67. The minimum atomic E-state index is 0.206. The van der Waals surface area contributed by atoms with Gasteiger partial charge in [0.25, 0.3) is 0 Å². The van der Waals surface area contributed by atoms with Gasteiger partial charge in [-0.15, -0.1) is 0 Å². The van der Waals surface area contributed by atoms with Crippen molar-refractivity contribution in [3.05, 3.63) is 33.8 Å². The molecule has 0 amide bonds. The van der Waals surface area contributed by atoms with Crippen molar-refractivity contribution in [2.24, 2.45) is 11.8 Å². The van der Waals surface area contributed by atoms with E-state index in [9.17, 15) is 0 Å². The Balaban J connectivity index is 1.89. The van der Waals surface area contributed by atoms with Crippen molar-refractivity contribution in [3.8, 4) is 0 Å². The lowest BCUT2D eigenvalue weighted by molar-refractivity contribution is 0.159. The van der Waals surface area contributed by atoms with Crippen molar-refractivity contribution in [3.63, 3.8) is 0 Å². The molecule has 0 spiro atoms. The first-order valence-electron chi connectivity index (χ1n) is 7.04. The van der Waals surface area contributed by atoms with Crippen LogP contribution in [0, 0.1) is 11.8 Å². The molecule has 1 nitrogen and oxygen atoms in total. The van der Waals surface area contributed by atoms with Gasteiger partial charge in [-0.05, 0) is 76.1 Å². The van der Waals surface area contributed by atoms with Crippen molar-refractivity contribution >= 4 is 23.2 Å². The highest BCUT2D eigenvalue weighted by molar-refractivity contribution is 6.35. The molecule has 106 valence electrons. The van der Waals surface area contributed by atoms with Crippen LogP contribution in [-0.2, 0) is 6.42 Å². The maximum atomic E-state index is 6.25. The lowest BCUT2D eigenvalue weighted by atomic mass is 9.70. The Labute approximate surface area is 126 Å². The Morgan fingerprint density at radius 2 is 1.84 bits per heavy atom. The van der Waals surface area contributed by atoms with E-state index in [1.807, 2.05) is 12.1 Å². The SMILES string of the molecule is CC(C)(C)NCC1CCC1Cc1ccc(Cl)cc1Cl. The largest absolute Gasteiger partial charge is 0.312 e. The van der Waals surface area contributed by atoms with Crippen LogP contribution in [0.25, 0.3) is 0 Å². The number of nitrogens with one attached hydrogen (secondary N) is 1. The number of halogens is 2. The van der Waals surface area contributed by atoms with Crippen LogP contribution >= 0.6 is 23.2 Å². The molecule has 2 rings (SSSR count). The first kappa shape index (κ1) is 15.2. The van der Waals surface area contributed by atoms with E-state index in [1.165, 1.54) is 18.4 Å². The Morgan fingerprint density at radius 3 is 2.37 bits per heavy atom. The molecule has 1 fully saturated rings. The van der Waals surface area contributed by atoms with E-state index in [4.69, 9.17) is 23.2 Å². The van der Waals surface area contributed by atoms with Gasteiger partial charge in [-0.3, -0.25) is 0 Å². The fourth-order valence-electron chi connectivity index (χ4n) is 2.58. The van der Waals surface area contributed by atoms with Crippen LogP contribution in [0.3, 0.4) is 0 Å². The first-order chi connectivity index (χ1) is 8.85. The quantitative estimate of drug-likeness (QED) is 0.829. The molecule has 3 heteroatoms. The molecule has 1 N–H and O–H groups in total. The molecule has 19 heavy (non-hydrogen) atoms. The minimum absolute atomic E-state index is 0.206. The maximum Gasteiger partial charge on any atom is 0.0452 e. The molecule has 0 aliphatic heterocycles. The standard InChI is InChI=1S/C16H23Cl2N/c1-16(2,3)19-10-13-5-4-11(13)8-12-6-7-14(17)9-15(12)18/h6-7,9,11,13,19H,4-5,8,10H2,1-3H3. The van der Waals surface area contributed by atoms with Gasteiger partial charge in [-0.2, -0.15) is 0 Å². The van der Waals surface area contributed by atoms with Gasteiger partial charge in [0.1, 0.15) is 0 Å². The van der Waals surface area contributed by atoms with Gasteiger partial charge in [-0.25, -0.2) is 0 Å². The zero-order valence-corrected chi connectivity index (χ0v) is 13.5. The second kappa shape index (κ2) is 6.03. The molecule has 0 saturated heterocycles. The first-order valence-corrected chi connectivity index (χ1v) is 7.80. The van der Waals surface area contributed by atoms with Crippen molar-refractivity contribution in [2.75, 3.05) is 6.54 Å². The molecule has 1 aromatic carbocycles. The van der Waals surface area contributed by atoms with Crippen LogP contribution in [0.5, 0.6) is 0 Å². The van der Waals surface area contributed by atoms with E-state index in [0.717, 1.165) is 29.8 Å². The number of rotatable bonds is 4. The average molecular weight is 300 g/mol. The average Bonchev–Trinajstić information content (AvgIpc) is 2.24. The van der Waals surface area contributed by atoms with Gasteiger partial charge in [0, 0.05) is 15.6 Å². The van der Waals surface area contributed by atoms with Gasteiger partial charge < -0.3 is 5.32 Å². The summed E-state index contributed by atoms with van der Waals surface area (Å²) in [5.41, 5.74) is 1.44. The Hall–Kier alpha value is -0.240. The Kier molecular flexibility index (Phi) is 4.81. The second-order valence-corrected chi connectivity index (χ2v) is 7.51. The summed E-state index contributed by atoms with van der Waals surface area (Å²) in [6, 6.07) is 5.85. The van der Waals surface area contributed by atoms with E-state index in [1.54, 1.807) is 0 Å². The zero-order chi connectivity index (χ0) is 14.0. The summed E-state index contributed by atoms with van der Waals surface area (Å²) in [4.78, 5) is 0. The van der Waals surface area contributed by atoms with Crippen LogP contribution < -0.4 is 5.32 Å². The smallest absolute Gasteiger partial charge is 0.0452 e. The number of hydrogen-bond donors (Lipinski definition) is 1. The lowest BCUT2D eigenvalue weighted by Gasteiger charge is -2.39. The summed E-state index contributed by atoms with van der Waals surface area (Å²) in [5.74, 6) is 1.54. The van der Waals surface area contributed by atoms with Crippen LogP contribution in [0.4, 0.5) is 0 Å². The molecular formula is C16H23Cl2N. The lowest BCUT2D eigenvalue weighted by Crippen LogP contribution is -2.44. The van der Waals surface area contributed by atoms with Crippen LogP contribution in [0.15, 0.2) is 18.2 Å². The summed E-state index contributed by atoms with van der Waals surface area (Å²) in [5, 5.41) is 5.13.